The largest absolute Gasteiger partial charge is 0.355 e. The molecule has 1 amide bonds. The van der Waals surface area contributed by atoms with Crippen molar-refractivity contribution < 1.29 is 13.2 Å². The van der Waals surface area contributed by atoms with Crippen LogP contribution in [0.3, 0.4) is 0 Å². The van der Waals surface area contributed by atoms with E-state index < -0.39 is 10.0 Å². The third-order valence-electron chi connectivity index (χ3n) is 2.87. The lowest BCUT2D eigenvalue weighted by Crippen LogP contribution is -2.34. The first-order valence-corrected chi connectivity index (χ1v) is 7.54. The van der Waals surface area contributed by atoms with Gasteiger partial charge in [-0.25, -0.2) is 13.1 Å². The number of nitrogens with one attached hydrogen (secondary N) is 2. The minimum Gasteiger partial charge on any atom is -0.355 e. The summed E-state index contributed by atoms with van der Waals surface area (Å²) in [6.07, 6.45) is 0. The normalized spacial score (nSPS) is 11.4. The second kappa shape index (κ2) is 6.16. The van der Waals surface area contributed by atoms with Gasteiger partial charge in [-0.15, -0.1) is 0 Å². The maximum atomic E-state index is 12.1. The topological polar surface area (TPSA) is 75.3 Å². The minimum atomic E-state index is -3.53. The molecule has 1 rings (SSSR count). The lowest BCUT2D eigenvalue weighted by atomic mass is 10.1. The summed E-state index contributed by atoms with van der Waals surface area (Å²) in [5, 5.41) is 2.54. The Morgan fingerprint density at radius 2 is 1.63 bits per heavy atom. The van der Waals surface area contributed by atoms with E-state index in [9.17, 15) is 13.2 Å². The summed E-state index contributed by atoms with van der Waals surface area (Å²) in [5.41, 5.74) is 2.72. The fourth-order valence-corrected chi connectivity index (χ4v) is 3.07. The lowest BCUT2D eigenvalue weighted by molar-refractivity contribution is -0.118. The van der Waals surface area contributed by atoms with E-state index in [0.29, 0.717) is 4.90 Å². The van der Waals surface area contributed by atoms with E-state index in [4.69, 9.17) is 0 Å². The zero-order valence-electron chi connectivity index (χ0n) is 11.7. The van der Waals surface area contributed by atoms with Crippen molar-refractivity contribution >= 4 is 15.9 Å². The molecule has 2 N–H and O–H groups in total. The molecule has 1 aromatic carbocycles. The Hall–Kier alpha value is -1.40. The molecule has 0 unspecified atom stereocenters. The molecular weight excluding hydrogens is 264 g/mol. The predicted octanol–water partition coefficient (Wildman–Crippen LogP) is 1.03. The summed E-state index contributed by atoms with van der Waals surface area (Å²) in [4.78, 5) is 11.0. The van der Waals surface area contributed by atoms with Gasteiger partial charge in [0.05, 0.1) is 4.90 Å². The van der Waals surface area contributed by atoms with Crippen molar-refractivity contribution in [2.24, 2.45) is 0 Å². The number of amides is 1. The van der Waals surface area contributed by atoms with Crippen molar-refractivity contribution in [3.8, 4) is 0 Å². The van der Waals surface area contributed by atoms with Gasteiger partial charge in [0.1, 0.15) is 0 Å². The third-order valence-corrected chi connectivity index (χ3v) is 4.47. The highest BCUT2D eigenvalue weighted by atomic mass is 32.2. The van der Waals surface area contributed by atoms with Crippen molar-refractivity contribution in [2.75, 3.05) is 13.1 Å². The average molecular weight is 284 g/mol. The molecule has 106 valence electrons. The van der Waals surface area contributed by atoms with E-state index in [1.54, 1.807) is 13.0 Å². The molecule has 0 bridgehead atoms. The lowest BCUT2D eigenvalue weighted by Gasteiger charge is -2.12. The predicted molar refractivity (Wildman–Crippen MR) is 74.5 cm³/mol. The summed E-state index contributed by atoms with van der Waals surface area (Å²) in [6, 6.07) is 3.53. The van der Waals surface area contributed by atoms with Crippen LogP contribution in [-0.4, -0.2) is 27.4 Å². The van der Waals surface area contributed by atoms with Crippen molar-refractivity contribution in [2.45, 2.75) is 32.6 Å². The standard InChI is InChI=1S/C13H20N2O3S/c1-9-7-11(3)13(8-10(9)2)19(17,18)15-6-5-14-12(4)16/h7-8,15H,5-6H2,1-4H3,(H,14,16). The average Bonchev–Trinajstić information content (AvgIpc) is 2.29. The van der Waals surface area contributed by atoms with Gasteiger partial charge in [-0.1, -0.05) is 6.07 Å². The Labute approximate surface area is 114 Å². The second-order valence-corrected chi connectivity index (χ2v) is 6.32. The zero-order valence-corrected chi connectivity index (χ0v) is 12.5. The molecule has 1 aromatic rings. The zero-order chi connectivity index (χ0) is 14.6. The summed E-state index contributed by atoms with van der Waals surface area (Å²) < 4.78 is 26.8. The van der Waals surface area contributed by atoms with Crippen LogP contribution in [0, 0.1) is 20.8 Å². The van der Waals surface area contributed by atoms with Crippen LogP contribution in [-0.2, 0) is 14.8 Å². The van der Waals surface area contributed by atoms with Crippen molar-refractivity contribution in [3.63, 3.8) is 0 Å². The number of carbonyl (C=O) groups is 1. The first-order chi connectivity index (χ1) is 8.74. The van der Waals surface area contributed by atoms with Gasteiger partial charge in [-0.05, 0) is 43.5 Å². The van der Waals surface area contributed by atoms with Crippen LogP contribution in [0.2, 0.25) is 0 Å². The molecule has 0 radical (unpaired) electrons. The van der Waals surface area contributed by atoms with Crippen LogP contribution < -0.4 is 10.0 Å². The van der Waals surface area contributed by atoms with Gasteiger partial charge in [0, 0.05) is 20.0 Å². The second-order valence-electron chi connectivity index (χ2n) is 4.58. The van der Waals surface area contributed by atoms with E-state index in [-0.39, 0.29) is 19.0 Å². The van der Waals surface area contributed by atoms with Crippen LogP contribution in [0.4, 0.5) is 0 Å². The molecule has 6 heteroatoms. The van der Waals surface area contributed by atoms with E-state index in [1.165, 1.54) is 6.92 Å². The molecule has 0 spiro atoms. The number of carbonyl (C=O) groups excluding carboxylic acids is 1. The van der Waals surface area contributed by atoms with Gasteiger partial charge in [0.15, 0.2) is 0 Å². The number of sulfonamides is 1. The van der Waals surface area contributed by atoms with Crippen molar-refractivity contribution in [3.05, 3.63) is 28.8 Å². The molecule has 5 nitrogen and oxygen atoms in total. The number of rotatable bonds is 5. The number of benzene rings is 1. The van der Waals surface area contributed by atoms with Crippen LogP contribution in [0.5, 0.6) is 0 Å². The molecule has 0 fully saturated rings. The van der Waals surface area contributed by atoms with Crippen molar-refractivity contribution in [1.29, 1.82) is 0 Å². The van der Waals surface area contributed by atoms with E-state index in [1.807, 2.05) is 19.9 Å². The molecule has 0 saturated heterocycles. The first-order valence-electron chi connectivity index (χ1n) is 6.06. The molecule has 19 heavy (non-hydrogen) atoms. The van der Waals surface area contributed by atoms with E-state index in [0.717, 1.165) is 16.7 Å². The van der Waals surface area contributed by atoms with Crippen LogP contribution in [0.25, 0.3) is 0 Å². The maximum absolute atomic E-state index is 12.1. The smallest absolute Gasteiger partial charge is 0.240 e. The fourth-order valence-electron chi connectivity index (χ4n) is 1.73. The van der Waals surface area contributed by atoms with Gasteiger partial charge in [-0.2, -0.15) is 0 Å². The van der Waals surface area contributed by atoms with Crippen molar-refractivity contribution in [1.82, 2.24) is 10.0 Å². The SMILES string of the molecule is CC(=O)NCCNS(=O)(=O)c1cc(C)c(C)cc1C. The third kappa shape index (κ3) is 4.33. The highest BCUT2D eigenvalue weighted by Gasteiger charge is 2.17. The molecule has 0 aromatic heterocycles. The summed E-state index contributed by atoms with van der Waals surface area (Å²) in [5.74, 6) is -0.179. The molecule has 0 aliphatic heterocycles. The monoisotopic (exact) mass is 284 g/mol. The Kier molecular flexibility index (Phi) is 5.08. The summed E-state index contributed by atoms with van der Waals surface area (Å²) in [6.45, 7) is 7.44. The fraction of sp³-hybridized carbons (Fsp3) is 0.462. The van der Waals surface area contributed by atoms with Gasteiger partial charge >= 0.3 is 0 Å². The highest BCUT2D eigenvalue weighted by Crippen LogP contribution is 2.19. The van der Waals surface area contributed by atoms with Crippen LogP contribution in [0.1, 0.15) is 23.6 Å². The molecule has 0 heterocycles. The van der Waals surface area contributed by atoms with Gasteiger partial charge in [-0.3, -0.25) is 4.79 Å². The molecular formula is C13H20N2O3S. The Bertz CT molecular complexity index is 580. The number of hydrogen-bond acceptors (Lipinski definition) is 3. The first kappa shape index (κ1) is 15.7. The van der Waals surface area contributed by atoms with E-state index in [2.05, 4.69) is 10.0 Å². The van der Waals surface area contributed by atoms with Gasteiger partial charge in [0.2, 0.25) is 15.9 Å². The molecule has 0 aliphatic carbocycles. The van der Waals surface area contributed by atoms with Gasteiger partial charge < -0.3 is 5.32 Å². The minimum absolute atomic E-state index is 0.175. The molecule has 0 atom stereocenters. The van der Waals surface area contributed by atoms with E-state index >= 15 is 0 Å². The van der Waals surface area contributed by atoms with Gasteiger partial charge in [0.25, 0.3) is 0 Å². The molecule has 0 saturated carbocycles. The number of hydrogen-bond donors (Lipinski definition) is 2. The molecule has 0 aliphatic rings. The maximum Gasteiger partial charge on any atom is 0.240 e. The Morgan fingerprint density at radius 1 is 1.05 bits per heavy atom. The van der Waals surface area contributed by atoms with Crippen LogP contribution >= 0.6 is 0 Å². The quantitative estimate of drug-likeness (QED) is 0.793. The Balaban J connectivity index is 2.83. The number of aryl methyl sites for hydroxylation is 3. The Morgan fingerprint density at radius 3 is 2.21 bits per heavy atom. The summed E-state index contributed by atoms with van der Waals surface area (Å²) >= 11 is 0. The highest BCUT2D eigenvalue weighted by molar-refractivity contribution is 7.89. The van der Waals surface area contributed by atoms with Crippen LogP contribution in [0.15, 0.2) is 17.0 Å². The summed E-state index contributed by atoms with van der Waals surface area (Å²) in [7, 11) is -3.53.